The summed E-state index contributed by atoms with van der Waals surface area (Å²) in [5.74, 6) is 0. The highest BCUT2D eigenvalue weighted by Crippen LogP contribution is 2.34. The second-order valence-corrected chi connectivity index (χ2v) is 5.38. The molecule has 0 saturated carbocycles. The minimum absolute atomic E-state index is 0.798. The van der Waals surface area contributed by atoms with Crippen molar-refractivity contribution < 1.29 is 0 Å². The molecule has 98 valence electrons. The fourth-order valence-electron chi connectivity index (χ4n) is 2.73. The van der Waals surface area contributed by atoms with E-state index in [2.05, 4.69) is 28.4 Å². The number of fused-ring (bicyclic) bond motifs is 3. The number of rotatable bonds is 1. The van der Waals surface area contributed by atoms with Gasteiger partial charge >= 0.3 is 0 Å². The normalized spacial score (nSPS) is 12.8. The predicted molar refractivity (Wildman–Crippen MR) is 79.2 cm³/mol. The summed E-state index contributed by atoms with van der Waals surface area (Å²) in [4.78, 5) is 4.14. The van der Waals surface area contributed by atoms with Crippen LogP contribution in [0, 0.1) is 0 Å². The Kier molecular flexibility index (Phi) is 2.60. The summed E-state index contributed by atoms with van der Waals surface area (Å²) in [6.45, 7) is 0. The Hall–Kier alpha value is -2.13. The Balaban J connectivity index is 1.86. The molecule has 0 bridgehead atoms. The van der Waals surface area contributed by atoms with Crippen molar-refractivity contribution in [1.29, 1.82) is 0 Å². The molecule has 3 aromatic rings. The van der Waals surface area contributed by atoms with Gasteiger partial charge in [-0.2, -0.15) is 5.10 Å². The summed E-state index contributed by atoms with van der Waals surface area (Å²) >= 11 is 6.08. The summed E-state index contributed by atoms with van der Waals surface area (Å²) in [6, 6.07) is 10.0. The van der Waals surface area contributed by atoms with Crippen LogP contribution in [0.15, 0.2) is 48.9 Å². The molecule has 0 radical (unpaired) electrons. The van der Waals surface area contributed by atoms with Crippen LogP contribution in [0.25, 0.3) is 16.8 Å². The zero-order valence-electron chi connectivity index (χ0n) is 10.8. The fourth-order valence-corrected chi connectivity index (χ4v) is 2.92. The standard InChI is InChI=1S/C16H12ClN3/c17-12-4-5-14-11(8-12)3-6-16-15(14)10-20(19-16)13-2-1-7-18-9-13/h1-2,4-5,7-10H,3,6H2. The van der Waals surface area contributed by atoms with E-state index in [4.69, 9.17) is 11.6 Å². The van der Waals surface area contributed by atoms with Gasteiger partial charge in [-0.3, -0.25) is 4.98 Å². The van der Waals surface area contributed by atoms with Crippen LogP contribution < -0.4 is 0 Å². The van der Waals surface area contributed by atoms with Crippen LogP contribution in [0.1, 0.15) is 11.3 Å². The van der Waals surface area contributed by atoms with E-state index in [-0.39, 0.29) is 0 Å². The molecule has 0 fully saturated rings. The number of pyridine rings is 1. The Morgan fingerprint density at radius 3 is 2.90 bits per heavy atom. The van der Waals surface area contributed by atoms with Gasteiger partial charge in [0.25, 0.3) is 0 Å². The highest BCUT2D eigenvalue weighted by Gasteiger charge is 2.20. The summed E-state index contributed by atoms with van der Waals surface area (Å²) in [6.07, 6.45) is 7.62. The average Bonchev–Trinajstić information content (AvgIpc) is 2.92. The van der Waals surface area contributed by atoms with Gasteiger partial charge in [-0.25, -0.2) is 4.68 Å². The van der Waals surface area contributed by atoms with Crippen molar-refractivity contribution >= 4 is 11.6 Å². The Labute approximate surface area is 121 Å². The van der Waals surface area contributed by atoms with E-state index in [1.54, 1.807) is 6.20 Å². The first-order valence-corrected chi connectivity index (χ1v) is 6.97. The van der Waals surface area contributed by atoms with E-state index in [1.807, 2.05) is 29.1 Å². The van der Waals surface area contributed by atoms with Crippen LogP contribution in [0.5, 0.6) is 0 Å². The number of halogens is 1. The number of benzene rings is 1. The quantitative estimate of drug-likeness (QED) is 0.681. The van der Waals surface area contributed by atoms with Gasteiger partial charge in [0, 0.05) is 23.0 Å². The first-order valence-electron chi connectivity index (χ1n) is 6.59. The van der Waals surface area contributed by atoms with Crippen LogP contribution in [0.2, 0.25) is 5.02 Å². The zero-order valence-corrected chi connectivity index (χ0v) is 11.5. The zero-order chi connectivity index (χ0) is 13.5. The van der Waals surface area contributed by atoms with Gasteiger partial charge in [0.15, 0.2) is 0 Å². The number of hydrogen-bond acceptors (Lipinski definition) is 2. The van der Waals surface area contributed by atoms with Crippen LogP contribution in [-0.4, -0.2) is 14.8 Å². The molecule has 3 nitrogen and oxygen atoms in total. The molecule has 0 amide bonds. The van der Waals surface area contributed by atoms with Gasteiger partial charge < -0.3 is 0 Å². The molecular formula is C16H12ClN3. The van der Waals surface area contributed by atoms with Crippen molar-refractivity contribution in [2.24, 2.45) is 0 Å². The molecule has 0 spiro atoms. The molecule has 0 atom stereocenters. The van der Waals surface area contributed by atoms with E-state index < -0.39 is 0 Å². The lowest BCUT2D eigenvalue weighted by Crippen LogP contribution is -2.03. The number of hydrogen-bond donors (Lipinski definition) is 0. The fraction of sp³-hybridized carbons (Fsp3) is 0.125. The lowest BCUT2D eigenvalue weighted by Gasteiger charge is -2.14. The third-order valence-corrected chi connectivity index (χ3v) is 3.92. The van der Waals surface area contributed by atoms with Gasteiger partial charge in [-0.15, -0.1) is 0 Å². The highest BCUT2D eigenvalue weighted by molar-refractivity contribution is 6.30. The van der Waals surface area contributed by atoms with Crippen molar-refractivity contribution in [3.8, 4) is 16.8 Å². The molecule has 20 heavy (non-hydrogen) atoms. The van der Waals surface area contributed by atoms with Gasteiger partial charge in [0.2, 0.25) is 0 Å². The molecule has 4 rings (SSSR count). The van der Waals surface area contributed by atoms with E-state index in [0.29, 0.717) is 0 Å². The predicted octanol–water partition coefficient (Wildman–Crippen LogP) is 3.69. The van der Waals surface area contributed by atoms with Gasteiger partial charge in [-0.05, 0) is 48.2 Å². The van der Waals surface area contributed by atoms with Gasteiger partial charge in [0.05, 0.1) is 17.6 Å². The third kappa shape index (κ3) is 1.82. The first-order chi connectivity index (χ1) is 9.81. The molecule has 1 aliphatic rings. The van der Waals surface area contributed by atoms with Gasteiger partial charge in [-0.1, -0.05) is 17.7 Å². The van der Waals surface area contributed by atoms with Crippen molar-refractivity contribution in [3.63, 3.8) is 0 Å². The van der Waals surface area contributed by atoms with Crippen molar-refractivity contribution in [3.05, 3.63) is 65.2 Å². The van der Waals surface area contributed by atoms with E-state index in [9.17, 15) is 0 Å². The smallest absolute Gasteiger partial charge is 0.0829 e. The summed E-state index contributed by atoms with van der Waals surface area (Å²) in [5, 5.41) is 5.48. The Morgan fingerprint density at radius 1 is 1.10 bits per heavy atom. The van der Waals surface area contributed by atoms with E-state index >= 15 is 0 Å². The summed E-state index contributed by atoms with van der Waals surface area (Å²) < 4.78 is 1.90. The number of aromatic nitrogens is 3. The monoisotopic (exact) mass is 281 g/mol. The summed E-state index contributed by atoms with van der Waals surface area (Å²) in [7, 11) is 0. The largest absolute Gasteiger partial charge is 0.262 e. The molecule has 0 aliphatic heterocycles. The minimum Gasteiger partial charge on any atom is -0.262 e. The maximum Gasteiger partial charge on any atom is 0.0829 e. The molecule has 1 aromatic carbocycles. The number of aryl methyl sites for hydroxylation is 2. The maximum atomic E-state index is 6.08. The van der Waals surface area contributed by atoms with Crippen LogP contribution in [0.3, 0.4) is 0 Å². The Morgan fingerprint density at radius 2 is 2.05 bits per heavy atom. The lowest BCUT2D eigenvalue weighted by atomic mass is 9.90. The maximum absolute atomic E-state index is 6.08. The van der Waals surface area contributed by atoms with Crippen LogP contribution >= 0.6 is 11.6 Å². The number of nitrogens with zero attached hydrogens (tertiary/aromatic N) is 3. The SMILES string of the molecule is Clc1ccc2c(c1)CCc1nn(-c3cccnc3)cc1-2. The minimum atomic E-state index is 0.798. The first kappa shape index (κ1) is 11.7. The molecule has 1 aliphatic carbocycles. The molecule has 0 N–H and O–H groups in total. The van der Waals surface area contributed by atoms with E-state index in [0.717, 1.165) is 29.2 Å². The van der Waals surface area contributed by atoms with E-state index in [1.165, 1.54) is 16.7 Å². The average molecular weight is 282 g/mol. The van der Waals surface area contributed by atoms with Crippen molar-refractivity contribution in [2.45, 2.75) is 12.8 Å². The van der Waals surface area contributed by atoms with Crippen molar-refractivity contribution in [1.82, 2.24) is 14.8 Å². The molecule has 2 aromatic heterocycles. The lowest BCUT2D eigenvalue weighted by molar-refractivity contribution is 0.811. The third-order valence-electron chi connectivity index (χ3n) is 3.69. The topological polar surface area (TPSA) is 30.7 Å². The van der Waals surface area contributed by atoms with Gasteiger partial charge in [0.1, 0.15) is 0 Å². The second kappa shape index (κ2) is 4.46. The van der Waals surface area contributed by atoms with Crippen LogP contribution in [-0.2, 0) is 12.8 Å². The highest BCUT2D eigenvalue weighted by atomic mass is 35.5. The molecule has 4 heteroatoms. The molecule has 0 saturated heterocycles. The van der Waals surface area contributed by atoms with Crippen LogP contribution in [0.4, 0.5) is 0 Å². The Bertz CT molecular complexity index is 778. The van der Waals surface area contributed by atoms with Crippen molar-refractivity contribution in [2.75, 3.05) is 0 Å². The second-order valence-electron chi connectivity index (χ2n) is 4.95. The summed E-state index contributed by atoms with van der Waals surface area (Å²) in [5.41, 5.74) is 5.87. The molecular weight excluding hydrogens is 270 g/mol. The molecule has 0 unspecified atom stereocenters. The molecule has 2 heterocycles.